The summed E-state index contributed by atoms with van der Waals surface area (Å²) in [6.07, 6.45) is 4.60. The Hall–Kier alpha value is -2.47. The molecule has 2 aromatic heterocycles. The van der Waals surface area contributed by atoms with Gasteiger partial charge in [0.2, 0.25) is 0 Å². The van der Waals surface area contributed by atoms with Crippen LogP contribution in [-0.4, -0.2) is 54.0 Å². The van der Waals surface area contributed by atoms with Crippen LogP contribution in [0.25, 0.3) is 0 Å². The lowest BCUT2D eigenvalue weighted by Crippen LogP contribution is -2.29. The zero-order chi connectivity index (χ0) is 17.6. The van der Waals surface area contributed by atoms with E-state index in [0.29, 0.717) is 12.1 Å². The number of amides is 1. The average molecular weight is 339 g/mol. The fourth-order valence-corrected chi connectivity index (χ4v) is 2.87. The zero-order valence-corrected chi connectivity index (χ0v) is 14.9. The lowest BCUT2D eigenvalue weighted by Gasteiger charge is -2.21. The summed E-state index contributed by atoms with van der Waals surface area (Å²) in [6.45, 7) is 6.59. The van der Waals surface area contributed by atoms with Crippen molar-refractivity contribution in [3.63, 3.8) is 0 Å². The molecule has 0 spiro atoms. The average Bonchev–Trinajstić information content (AvgIpc) is 2.85. The smallest absolute Gasteiger partial charge is 0.253 e. The highest BCUT2D eigenvalue weighted by Gasteiger charge is 2.13. The van der Waals surface area contributed by atoms with Gasteiger partial charge in [0.25, 0.3) is 5.91 Å². The van der Waals surface area contributed by atoms with Crippen molar-refractivity contribution in [3.05, 3.63) is 53.5 Å². The first-order valence-electron chi connectivity index (χ1n) is 8.71. The molecule has 25 heavy (non-hydrogen) atoms. The topological polar surface area (TPSA) is 61.4 Å². The molecule has 0 atom stereocenters. The highest BCUT2D eigenvalue weighted by Crippen LogP contribution is 2.14. The standard InChI is InChI=1S/C19H25N5O/c1-15-4-6-17(14-20-15)19(25)22-13-16-5-7-18(21-12-16)24-9-3-8-23(2)10-11-24/h4-7,12,14H,3,8-11,13H2,1-2H3,(H,22,25). The van der Waals surface area contributed by atoms with Crippen molar-refractivity contribution in [1.82, 2.24) is 20.2 Å². The first-order valence-corrected chi connectivity index (χ1v) is 8.71. The molecule has 6 nitrogen and oxygen atoms in total. The molecule has 1 aliphatic rings. The monoisotopic (exact) mass is 339 g/mol. The summed E-state index contributed by atoms with van der Waals surface area (Å²) < 4.78 is 0. The van der Waals surface area contributed by atoms with Crippen LogP contribution < -0.4 is 10.2 Å². The van der Waals surface area contributed by atoms with Crippen LogP contribution in [-0.2, 0) is 6.54 Å². The number of hydrogen-bond acceptors (Lipinski definition) is 5. The molecule has 0 aromatic carbocycles. The Labute approximate surface area is 148 Å². The van der Waals surface area contributed by atoms with Gasteiger partial charge in [-0.25, -0.2) is 4.98 Å². The van der Waals surface area contributed by atoms with E-state index in [4.69, 9.17) is 0 Å². The van der Waals surface area contributed by atoms with Crippen LogP contribution in [0.3, 0.4) is 0 Å². The van der Waals surface area contributed by atoms with E-state index in [1.807, 2.05) is 31.3 Å². The molecule has 1 aliphatic heterocycles. The van der Waals surface area contributed by atoms with E-state index in [1.165, 1.54) is 0 Å². The van der Waals surface area contributed by atoms with Gasteiger partial charge >= 0.3 is 0 Å². The van der Waals surface area contributed by atoms with Crippen molar-refractivity contribution >= 4 is 11.7 Å². The van der Waals surface area contributed by atoms with Crippen LogP contribution in [0.4, 0.5) is 5.82 Å². The third-order valence-corrected chi connectivity index (χ3v) is 4.48. The van der Waals surface area contributed by atoms with Crippen molar-refractivity contribution in [2.45, 2.75) is 19.9 Å². The molecule has 1 saturated heterocycles. The second-order valence-electron chi connectivity index (χ2n) is 6.54. The first kappa shape index (κ1) is 17.4. The molecule has 0 unspecified atom stereocenters. The quantitative estimate of drug-likeness (QED) is 0.921. The molecule has 1 amide bonds. The van der Waals surface area contributed by atoms with E-state index < -0.39 is 0 Å². The van der Waals surface area contributed by atoms with Gasteiger partial charge in [0.05, 0.1) is 5.56 Å². The first-order chi connectivity index (χ1) is 12.1. The molecule has 1 fully saturated rings. The predicted octanol–water partition coefficient (Wildman–Crippen LogP) is 1.86. The second-order valence-corrected chi connectivity index (χ2v) is 6.54. The van der Waals surface area contributed by atoms with Crippen LogP contribution in [0.15, 0.2) is 36.7 Å². The van der Waals surface area contributed by atoms with Crippen molar-refractivity contribution in [3.8, 4) is 0 Å². The van der Waals surface area contributed by atoms with Crippen molar-refractivity contribution in [2.24, 2.45) is 0 Å². The number of hydrogen-bond donors (Lipinski definition) is 1. The van der Waals surface area contributed by atoms with Gasteiger partial charge in [-0.3, -0.25) is 9.78 Å². The van der Waals surface area contributed by atoms with E-state index >= 15 is 0 Å². The molecule has 132 valence electrons. The normalized spacial score (nSPS) is 15.7. The Bertz CT molecular complexity index is 699. The molecule has 2 aromatic rings. The van der Waals surface area contributed by atoms with E-state index in [0.717, 1.165) is 49.7 Å². The second kappa shape index (κ2) is 8.07. The number of pyridine rings is 2. The fraction of sp³-hybridized carbons (Fsp3) is 0.421. The molecule has 3 heterocycles. The van der Waals surface area contributed by atoms with Crippen molar-refractivity contribution < 1.29 is 4.79 Å². The van der Waals surface area contributed by atoms with E-state index in [2.05, 4.69) is 32.1 Å². The summed E-state index contributed by atoms with van der Waals surface area (Å²) in [4.78, 5) is 25.5. The Kier molecular flexibility index (Phi) is 5.60. The largest absolute Gasteiger partial charge is 0.355 e. The van der Waals surface area contributed by atoms with E-state index in [-0.39, 0.29) is 5.91 Å². The summed E-state index contributed by atoms with van der Waals surface area (Å²) in [5.74, 6) is 0.889. The van der Waals surface area contributed by atoms with Crippen LogP contribution >= 0.6 is 0 Å². The molecule has 0 aliphatic carbocycles. The number of likely N-dealkylation sites (N-methyl/N-ethyl adjacent to an activating group) is 1. The fourth-order valence-electron chi connectivity index (χ4n) is 2.87. The number of anilines is 1. The Morgan fingerprint density at radius 2 is 1.96 bits per heavy atom. The summed E-state index contributed by atoms with van der Waals surface area (Å²) in [5, 5.41) is 2.91. The molecule has 6 heteroatoms. The Morgan fingerprint density at radius 3 is 2.68 bits per heavy atom. The molecular weight excluding hydrogens is 314 g/mol. The lowest BCUT2D eigenvalue weighted by atomic mass is 10.2. The maximum Gasteiger partial charge on any atom is 0.253 e. The Balaban J connectivity index is 1.55. The summed E-state index contributed by atoms with van der Waals surface area (Å²) in [6, 6.07) is 7.70. The number of nitrogens with zero attached hydrogens (tertiary/aromatic N) is 4. The highest BCUT2D eigenvalue weighted by atomic mass is 16.1. The van der Waals surface area contributed by atoms with Crippen LogP contribution in [0.1, 0.15) is 28.0 Å². The number of carbonyl (C=O) groups excluding carboxylic acids is 1. The van der Waals surface area contributed by atoms with Gasteiger partial charge < -0.3 is 15.1 Å². The number of carbonyl (C=O) groups is 1. The van der Waals surface area contributed by atoms with Crippen molar-refractivity contribution in [2.75, 3.05) is 38.1 Å². The molecule has 1 N–H and O–H groups in total. The third-order valence-electron chi connectivity index (χ3n) is 4.48. The maximum atomic E-state index is 12.1. The van der Waals surface area contributed by atoms with Gasteiger partial charge in [0.1, 0.15) is 5.82 Å². The van der Waals surface area contributed by atoms with Gasteiger partial charge in [-0.2, -0.15) is 0 Å². The van der Waals surface area contributed by atoms with Gasteiger partial charge in [0, 0.05) is 44.3 Å². The SMILES string of the molecule is Cc1ccc(C(=O)NCc2ccc(N3CCCN(C)CC3)nc2)cn1. The molecule has 3 rings (SSSR count). The van der Waals surface area contributed by atoms with E-state index in [1.54, 1.807) is 12.3 Å². The minimum atomic E-state index is -0.118. The number of aromatic nitrogens is 2. The summed E-state index contributed by atoms with van der Waals surface area (Å²) >= 11 is 0. The lowest BCUT2D eigenvalue weighted by molar-refractivity contribution is 0.0950. The third kappa shape index (κ3) is 4.76. The molecule has 0 radical (unpaired) electrons. The number of rotatable bonds is 4. The highest BCUT2D eigenvalue weighted by molar-refractivity contribution is 5.93. The summed E-state index contributed by atoms with van der Waals surface area (Å²) in [5.41, 5.74) is 2.46. The Morgan fingerprint density at radius 1 is 1.08 bits per heavy atom. The van der Waals surface area contributed by atoms with Gasteiger partial charge in [-0.15, -0.1) is 0 Å². The zero-order valence-electron chi connectivity index (χ0n) is 14.9. The van der Waals surface area contributed by atoms with Gasteiger partial charge in [-0.1, -0.05) is 6.07 Å². The van der Waals surface area contributed by atoms with Gasteiger partial charge in [0.15, 0.2) is 0 Å². The predicted molar refractivity (Wildman–Crippen MR) is 98.7 cm³/mol. The van der Waals surface area contributed by atoms with Crippen LogP contribution in [0.2, 0.25) is 0 Å². The minimum absolute atomic E-state index is 0.118. The summed E-state index contributed by atoms with van der Waals surface area (Å²) in [7, 11) is 2.16. The number of nitrogens with one attached hydrogen (secondary N) is 1. The molecule has 0 bridgehead atoms. The van der Waals surface area contributed by atoms with Crippen molar-refractivity contribution in [1.29, 1.82) is 0 Å². The number of aryl methyl sites for hydroxylation is 1. The molecule has 0 saturated carbocycles. The minimum Gasteiger partial charge on any atom is -0.355 e. The molecular formula is C19H25N5O. The van der Waals surface area contributed by atoms with Crippen LogP contribution in [0, 0.1) is 6.92 Å². The van der Waals surface area contributed by atoms with E-state index in [9.17, 15) is 4.79 Å². The van der Waals surface area contributed by atoms with Gasteiger partial charge in [-0.05, 0) is 50.7 Å². The maximum absolute atomic E-state index is 12.1. The van der Waals surface area contributed by atoms with Crippen LogP contribution in [0.5, 0.6) is 0 Å².